The van der Waals surface area contributed by atoms with Crippen LogP contribution in [0.1, 0.15) is 11.3 Å². The van der Waals surface area contributed by atoms with E-state index in [4.69, 9.17) is 10.4 Å². The Morgan fingerprint density at radius 2 is 1.76 bits per heavy atom. The Kier molecular flexibility index (Phi) is 5.82. The topological polar surface area (TPSA) is 147 Å². The number of nitrogens with one attached hydrogen (secondary N) is 2. The number of aryl methyl sites for hydroxylation is 1. The molecule has 1 aliphatic rings. The van der Waals surface area contributed by atoms with Crippen LogP contribution in [0.15, 0.2) is 47.4 Å². The fourth-order valence-corrected chi connectivity index (χ4v) is 3.65. The van der Waals surface area contributed by atoms with Crippen molar-refractivity contribution >= 4 is 17.8 Å². The zero-order valence-electron chi connectivity index (χ0n) is 17.8. The number of hydrogen-bond acceptors (Lipinski definition) is 5. The van der Waals surface area contributed by atoms with E-state index in [0.717, 1.165) is 0 Å². The number of hydrogen-bond donors (Lipinski definition) is 3. The van der Waals surface area contributed by atoms with Crippen molar-refractivity contribution in [3.8, 4) is 23.0 Å². The van der Waals surface area contributed by atoms with Gasteiger partial charge in [0, 0.05) is 31.9 Å². The van der Waals surface area contributed by atoms with Crippen molar-refractivity contribution in [3.63, 3.8) is 0 Å². The third-order valence-corrected chi connectivity index (χ3v) is 5.44. The van der Waals surface area contributed by atoms with Gasteiger partial charge in [0.2, 0.25) is 0 Å². The molecule has 1 aromatic carbocycles. The Balaban J connectivity index is 1.47. The standard InChI is InChI=1S/C22H21N7O4/c1-14-19(16-4-2-15(12-23)3-5-16)20(30)29(26-14)18-7-6-17(13-24-18)25-21(31)27-8-10-28(11-9-27)22(32)33/h2-7,13,26H,8-11H2,1H3,(H,25,31)(H,32,33). The molecule has 0 aliphatic carbocycles. The van der Waals surface area contributed by atoms with Crippen LogP contribution in [-0.4, -0.2) is 68.0 Å². The van der Waals surface area contributed by atoms with E-state index in [1.165, 1.54) is 20.7 Å². The minimum Gasteiger partial charge on any atom is -0.465 e. The molecule has 1 fully saturated rings. The maximum Gasteiger partial charge on any atom is 0.407 e. The summed E-state index contributed by atoms with van der Waals surface area (Å²) < 4.78 is 1.32. The number of rotatable bonds is 3. The van der Waals surface area contributed by atoms with Crippen molar-refractivity contribution < 1.29 is 14.7 Å². The van der Waals surface area contributed by atoms with Crippen LogP contribution in [0.25, 0.3) is 16.9 Å². The lowest BCUT2D eigenvalue weighted by atomic mass is 10.1. The fourth-order valence-electron chi connectivity index (χ4n) is 3.65. The number of amides is 3. The maximum absolute atomic E-state index is 13.0. The SMILES string of the molecule is Cc1[nH]n(-c2ccc(NC(=O)N3CCN(C(=O)O)CC3)cn2)c(=O)c1-c1ccc(C#N)cc1. The lowest BCUT2D eigenvalue weighted by molar-refractivity contribution is 0.115. The van der Waals surface area contributed by atoms with Crippen LogP contribution < -0.4 is 10.9 Å². The molecule has 3 aromatic rings. The van der Waals surface area contributed by atoms with Crippen molar-refractivity contribution in [1.29, 1.82) is 5.26 Å². The minimum atomic E-state index is -0.994. The lowest BCUT2D eigenvalue weighted by Crippen LogP contribution is -2.51. The van der Waals surface area contributed by atoms with Gasteiger partial charge in [-0.2, -0.15) is 5.26 Å². The number of benzene rings is 1. The average Bonchev–Trinajstić information content (AvgIpc) is 3.13. The normalized spacial score (nSPS) is 13.5. The number of nitrogens with zero attached hydrogens (tertiary/aromatic N) is 5. The van der Waals surface area contributed by atoms with E-state index < -0.39 is 6.09 Å². The van der Waals surface area contributed by atoms with E-state index in [9.17, 15) is 14.4 Å². The Hall–Kier alpha value is -4.59. The van der Waals surface area contributed by atoms with Crippen molar-refractivity contribution in [2.75, 3.05) is 31.5 Å². The van der Waals surface area contributed by atoms with Crippen LogP contribution >= 0.6 is 0 Å². The number of pyridine rings is 1. The number of piperazine rings is 1. The molecular formula is C22H21N7O4. The number of carbonyl (C=O) groups is 2. The Labute approximate surface area is 188 Å². The van der Waals surface area contributed by atoms with Crippen molar-refractivity contribution in [1.82, 2.24) is 24.6 Å². The van der Waals surface area contributed by atoms with Gasteiger partial charge in [-0.1, -0.05) is 12.1 Å². The minimum absolute atomic E-state index is 0.261. The van der Waals surface area contributed by atoms with Crippen LogP contribution in [0, 0.1) is 18.3 Å². The van der Waals surface area contributed by atoms with Crippen LogP contribution in [0.5, 0.6) is 0 Å². The summed E-state index contributed by atoms with van der Waals surface area (Å²) in [5, 5.41) is 23.7. The molecule has 0 spiro atoms. The molecule has 11 nitrogen and oxygen atoms in total. The molecule has 0 radical (unpaired) electrons. The Morgan fingerprint density at radius 3 is 2.33 bits per heavy atom. The first-order chi connectivity index (χ1) is 15.9. The van der Waals surface area contributed by atoms with Gasteiger partial charge in [0.25, 0.3) is 5.56 Å². The summed E-state index contributed by atoms with van der Waals surface area (Å²) in [5.41, 5.74) is 2.52. The molecule has 0 bridgehead atoms. The van der Waals surface area contributed by atoms with E-state index in [1.54, 1.807) is 43.3 Å². The van der Waals surface area contributed by atoms with Crippen molar-refractivity contribution in [2.45, 2.75) is 6.92 Å². The van der Waals surface area contributed by atoms with E-state index in [2.05, 4.69) is 21.5 Å². The predicted molar refractivity (Wildman–Crippen MR) is 119 cm³/mol. The summed E-state index contributed by atoms with van der Waals surface area (Å²) in [5.74, 6) is 0.357. The van der Waals surface area contributed by atoms with E-state index in [-0.39, 0.29) is 24.7 Å². The highest BCUT2D eigenvalue weighted by molar-refractivity contribution is 5.89. The van der Waals surface area contributed by atoms with Gasteiger partial charge in [0.15, 0.2) is 5.82 Å². The molecule has 168 valence electrons. The highest BCUT2D eigenvalue weighted by atomic mass is 16.4. The molecule has 0 saturated carbocycles. The van der Waals surface area contributed by atoms with Crippen molar-refractivity contribution in [3.05, 3.63) is 64.2 Å². The predicted octanol–water partition coefficient (Wildman–Crippen LogP) is 2.24. The summed E-state index contributed by atoms with van der Waals surface area (Å²) in [6.07, 6.45) is 0.456. The molecular weight excluding hydrogens is 426 g/mol. The zero-order chi connectivity index (χ0) is 23.5. The van der Waals surface area contributed by atoms with Crippen LogP contribution in [0.4, 0.5) is 15.3 Å². The Morgan fingerprint density at radius 1 is 1.09 bits per heavy atom. The number of carbonyl (C=O) groups excluding carboxylic acids is 1. The second kappa shape index (κ2) is 8.88. The Bertz CT molecular complexity index is 1280. The van der Waals surface area contributed by atoms with Gasteiger partial charge in [0.05, 0.1) is 29.1 Å². The van der Waals surface area contributed by atoms with Crippen LogP contribution in [-0.2, 0) is 0 Å². The fraction of sp³-hybridized carbons (Fsp3) is 0.227. The highest BCUT2D eigenvalue weighted by Crippen LogP contribution is 2.20. The van der Waals surface area contributed by atoms with E-state index >= 15 is 0 Å². The molecule has 11 heteroatoms. The first-order valence-corrected chi connectivity index (χ1v) is 10.2. The summed E-state index contributed by atoms with van der Waals surface area (Å²) in [6, 6.07) is 11.7. The monoisotopic (exact) mass is 447 g/mol. The third-order valence-electron chi connectivity index (χ3n) is 5.44. The molecule has 1 aliphatic heterocycles. The molecule has 3 N–H and O–H groups in total. The molecule has 3 amide bonds. The number of aromatic nitrogens is 3. The first-order valence-electron chi connectivity index (χ1n) is 10.2. The third kappa shape index (κ3) is 4.40. The number of urea groups is 1. The molecule has 33 heavy (non-hydrogen) atoms. The molecule has 2 aromatic heterocycles. The van der Waals surface area contributed by atoms with Gasteiger partial charge in [-0.3, -0.25) is 9.89 Å². The second-order valence-electron chi connectivity index (χ2n) is 7.53. The van der Waals surface area contributed by atoms with Crippen LogP contribution in [0.2, 0.25) is 0 Å². The largest absolute Gasteiger partial charge is 0.465 e. The summed E-state index contributed by atoms with van der Waals surface area (Å²) >= 11 is 0. The van der Waals surface area contributed by atoms with E-state index in [1.807, 2.05) is 0 Å². The smallest absolute Gasteiger partial charge is 0.407 e. The van der Waals surface area contributed by atoms with Gasteiger partial charge < -0.3 is 20.2 Å². The van der Waals surface area contributed by atoms with Gasteiger partial charge in [-0.15, -0.1) is 0 Å². The lowest BCUT2D eigenvalue weighted by Gasteiger charge is -2.33. The average molecular weight is 447 g/mol. The number of carboxylic acid groups (broad SMARTS) is 1. The number of H-pyrrole nitrogens is 1. The summed E-state index contributed by atoms with van der Waals surface area (Å²) in [6.45, 7) is 2.91. The summed E-state index contributed by atoms with van der Waals surface area (Å²) in [7, 11) is 0. The molecule has 1 saturated heterocycles. The van der Waals surface area contributed by atoms with E-state index in [0.29, 0.717) is 47.0 Å². The summed E-state index contributed by atoms with van der Waals surface area (Å²) in [4.78, 5) is 43.5. The molecule has 0 atom stereocenters. The molecule has 4 rings (SSSR count). The number of nitriles is 1. The number of anilines is 1. The van der Waals surface area contributed by atoms with Gasteiger partial charge in [-0.05, 0) is 36.8 Å². The quantitative estimate of drug-likeness (QED) is 0.561. The van der Waals surface area contributed by atoms with Crippen LogP contribution in [0.3, 0.4) is 0 Å². The highest BCUT2D eigenvalue weighted by Gasteiger charge is 2.23. The number of aromatic amines is 1. The zero-order valence-corrected chi connectivity index (χ0v) is 17.8. The molecule has 0 unspecified atom stereocenters. The van der Waals surface area contributed by atoms with Crippen molar-refractivity contribution in [2.24, 2.45) is 0 Å². The first kappa shape index (κ1) is 21.6. The van der Waals surface area contributed by atoms with Gasteiger partial charge in [0.1, 0.15) is 0 Å². The second-order valence-corrected chi connectivity index (χ2v) is 7.53. The maximum atomic E-state index is 13.0. The van der Waals surface area contributed by atoms with Gasteiger partial charge in [-0.25, -0.2) is 19.3 Å². The van der Waals surface area contributed by atoms with Gasteiger partial charge >= 0.3 is 12.1 Å². The molecule has 3 heterocycles.